The van der Waals surface area contributed by atoms with Crippen LogP contribution in [0.4, 0.5) is 10.5 Å². The second kappa shape index (κ2) is 8.17. The van der Waals surface area contributed by atoms with Gasteiger partial charge >= 0.3 is 6.03 Å². The molecule has 1 fully saturated rings. The fraction of sp³-hybridized carbons (Fsp3) is 0.278. The van der Waals surface area contributed by atoms with Crippen molar-refractivity contribution in [2.45, 2.75) is 6.54 Å². The van der Waals surface area contributed by atoms with Crippen molar-refractivity contribution in [1.29, 1.82) is 0 Å². The zero-order valence-electron chi connectivity index (χ0n) is 13.5. The van der Waals surface area contributed by atoms with Gasteiger partial charge < -0.3 is 15.1 Å². The Morgan fingerprint density at radius 1 is 0.960 bits per heavy atom. The number of amides is 2. The summed E-state index contributed by atoms with van der Waals surface area (Å²) in [4.78, 5) is 16.4. The van der Waals surface area contributed by atoms with Gasteiger partial charge in [0.25, 0.3) is 0 Å². The van der Waals surface area contributed by atoms with Crippen molar-refractivity contribution < 1.29 is 4.79 Å². The first-order chi connectivity index (χ1) is 12.0. The molecule has 1 aliphatic rings. The Balaban J connectivity index is 1.52. The molecule has 1 aliphatic heterocycles. The number of rotatable bonds is 3. The number of anilines is 1. The molecular weight excluding hydrogens is 381 g/mol. The van der Waals surface area contributed by atoms with Gasteiger partial charge in [-0.25, -0.2) is 4.79 Å². The summed E-state index contributed by atoms with van der Waals surface area (Å²) in [6.07, 6.45) is 0. The maximum absolute atomic E-state index is 12.4. The van der Waals surface area contributed by atoms with Gasteiger partial charge in [0.15, 0.2) is 0 Å². The van der Waals surface area contributed by atoms with Crippen LogP contribution in [0.5, 0.6) is 0 Å². The van der Waals surface area contributed by atoms with Gasteiger partial charge in [0, 0.05) is 42.8 Å². The van der Waals surface area contributed by atoms with Crippen LogP contribution in [0, 0.1) is 0 Å². The highest BCUT2D eigenvalue weighted by molar-refractivity contribution is 6.35. The lowest BCUT2D eigenvalue weighted by Crippen LogP contribution is -2.51. The molecule has 7 heteroatoms. The molecule has 132 valence electrons. The van der Waals surface area contributed by atoms with Gasteiger partial charge in [0.05, 0.1) is 10.7 Å². The number of carbonyl (C=O) groups excluding carboxylic acids is 1. The summed E-state index contributed by atoms with van der Waals surface area (Å²) in [5, 5.41) is 4.78. The van der Waals surface area contributed by atoms with Crippen LogP contribution in [0.15, 0.2) is 42.5 Å². The third-order valence-corrected chi connectivity index (χ3v) is 5.11. The fourth-order valence-electron chi connectivity index (χ4n) is 2.81. The number of carbonyl (C=O) groups is 1. The number of benzene rings is 2. The standard InChI is InChI=1S/C18H18Cl3N3O/c19-14-6-5-13(16(21)11-14)12-22-18(25)24-9-7-23(8-10-24)17-4-2-1-3-15(17)20/h1-6,11H,7-10,12H2,(H,22,25). The van der Waals surface area contributed by atoms with Crippen molar-refractivity contribution in [1.82, 2.24) is 10.2 Å². The maximum atomic E-state index is 12.4. The molecular formula is C18H18Cl3N3O. The van der Waals surface area contributed by atoms with Gasteiger partial charge in [-0.3, -0.25) is 0 Å². The summed E-state index contributed by atoms with van der Waals surface area (Å²) in [5.74, 6) is 0. The summed E-state index contributed by atoms with van der Waals surface area (Å²) in [6, 6.07) is 12.9. The van der Waals surface area contributed by atoms with Crippen molar-refractivity contribution in [3.8, 4) is 0 Å². The van der Waals surface area contributed by atoms with Crippen molar-refractivity contribution in [2.24, 2.45) is 0 Å². The van der Waals surface area contributed by atoms with E-state index in [0.29, 0.717) is 29.7 Å². The molecule has 25 heavy (non-hydrogen) atoms. The van der Waals surface area contributed by atoms with Crippen LogP contribution in [-0.2, 0) is 6.54 Å². The number of nitrogens with one attached hydrogen (secondary N) is 1. The average molecular weight is 399 g/mol. The van der Waals surface area contributed by atoms with E-state index in [1.54, 1.807) is 17.0 Å². The minimum Gasteiger partial charge on any atom is -0.367 e. The number of hydrogen-bond acceptors (Lipinski definition) is 2. The Labute approximate surface area is 162 Å². The predicted octanol–water partition coefficient (Wildman–Crippen LogP) is 4.68. The predicted molar refractivity (Wildman–Crippen MR) is 104 cm³/mol. The minimum absolute atomic E-state index is 0.0928. The summed E-state index contributed by atoms with van der Waals surface area (Å²) in [5.41, 5.74) is 1.85. The van der Waals surface area contributed by atoms with Crippen LogP contribution in [0.25, 0.3) is 0 Å². The molecule has 0 aromatic heterocycles. The third-order valence-electron chi connectivity index (χ3n) is 4.21. The van der Waals surface area contributed by atoms with Gasteiger partial charge in [0.1, 0.15) is 0 Å². The monoisotopic (exact) mass is 397 g/mol. The molecule has 2 amide bonds. The van der Waals surface area contributed by atoms with Crippen molar-refractivity contribution in [3.63, 3.8) is 0 Å². The Morgan fingerprint density at radius 3 is 2.36 bits per heavy atom. The van der Waals surface area contributed by atoms with Crippen LogP contribution in [0.2, 0.25) is 15.1 Å². The van der Waals surface area contributed by atoms with Crippen LogP contribution < -0.4 is 10.2 Å². The third kappa shape index (κ3) is 4.51. The van der Waals surface area contributed by atoms with Crippen LogP contribution in [0.1, 0.15) is 5.56 Å². The molecule has 1 saturated heterocycles. The first-order valence-corrected chi connectivity index (χ1v) is 9.14. The molecule has 0 radical (unpaired) electrons. The highest BCUT2D eigenvalue weighted by Gasteiger charge is 2.22. The molecule has 2 aromatic carbocycles. The van der Waals surface area contributed by atoms with E-state index < -0.39 is 0 Å². The number of piperazine rings is 1. The lowest BCUT2D eigenvalue weighted by molar-refractivity contribution is 0.194. The largest absolute Gasteiger partial charge is 0.367 e. The molecule has 1 N–H and O–H groups in total. The number of urea groups is 1. The summed E-state index contributed by atoms with van der Waals surface area (Å²) in [7, 11) is 0. The molecule has 4 nitrogen and oxygen atoms in total. The molecule has 0 unspecified atom stereocenters. The van der Waals surface area contributed by atoms with Gasteiger partial charge in [0.2, 0.25) is 0 Å². The summed E-state index contributed by atoms with van der Waals surface area (Å²) in [6.45, 7) is 3.16. The minimum atomic E-state index is -0.0928. The van der Waals surface area contributed by atoms with Crippen molar-refractivity contribution in [3.05, 3.63) is 63.1 Å². The lowest BCUT2D eigenvalue weighted by atomic mass is 10.2. The average Bonchev–Trinajstić information content (AvgIpc) is 2.61. The van der Waals surface area contributed by atoms with Crippen LogP contribution >= 0.6 is 34.8 Å². The van der Waals surface area contributed by atoms with Crippen LogP contribution in [0.3, 0.4) is 0 Å². The molecule has 1 heterocycles. The van der Waals surface area contributed by atoms with E-state index in [9.17, 15) is 4.79 Å². The second-order valence-corrected chi connectivity index (χ2v) is 7.07. The fourth-order valence-corrected chi connectivity index (χ4v) is 3.54. The highest BCUT2D eigenvalue weighted by atomic mass is 35.5. The zero-order chi connectivity index (χ0) is 17.8. The van der Waals surface area contributed by atoms with Crippen LogP contribution in [-0.4, -0.2) is 37.1 Å². The van der Waals surface area contributed by atoms with E-state index in [4.69, 9.17) is 34.8 Å². The molecule has 3 rings (SSSR count). The topological polar surface area (TPSA) is 35.6 Å². The van der Waals surface area contributed by atoms with E-state index >= 15 is 0 Å². The summed E-state index contributed by atoms with van der Waals surface area (Å²) < 4.78 is 0. The number of hydrogen-bond donors (Lipinski definition) is 1. The molecule has 0 aliphatic carbocycles. The van der Waals surface area contributed by atoms with E-state index in [-0.39, 0.29) is 6.03 Å². The van der Waals surface area contributed by atoms with Gasteiger partial charge in [-0.2, -0.15) is 0 Å². The molecule has 0 saturated carbocycles. The van der Waals surface area contributed by atoms with E-state index in [2.05, 4.69) is 10.2 Å². The Bertz CT molecular complexity index is 761. The van der Waals surface area contributed by atoms with Gasteiger partial charge in [-0.1, -0.05) is 53.0 Å². The smallest absolute Gasteiger partial charge is 0.317 e. The van der Waals surface area contributed by atoms with E-state index in [1.165, 1.54) is 0 Å². The number of halogens is 3. The first-order valence-electron chi connectivity index (χ1n) is 8.01. The quantitative estimate of drug-likeness (QED) is 0.815. The molecule has 0 spiro atoms. The second-order valence-electron chi connectivity index (χ2n) is 5.82. The summed E-state index contributed by atoms with van der Waals surface area (Å²) >= 11 is 18.3. The Kier molecular flexibility index (Phi) is 5.94. The SMILES string of the molecule is O=C(NCc1ccc(Cl)cc1Cl)N1CCN(c2ccccc2Cl)CC1. The number of para-hydroxylation sites is 1. The van der Waals surface area contributed by atoms with E-state index in [0.717, 1.165) is 29.4 Å². The van der Waals surface area contributed by atoms with Gasteiger partial charge in [-0.05, 0) is 29.8 Å². The molecule has 0 atom stereocenters. The highest BCUT2D eigenvalue weighted by Crippen LogP contribution is 2.26. The Hall–Kier alpha value is -1.62. The van der Waals surface area contributed by atoms with Crippen molar-refractivity contribution >= 4 is 46.5 Å². The van der Waals surface area contributed by atoms with Crippen molar-refractivity contribution in [2.75, 3.05) is 31.1 Å². The Morgan fingerprint density at radius 2 is 1.68 bits per heavy atom. The van der Waals surface area contributed by atoms with E-state index in [1.807, 2.05) is 30.3 Å². The first kappa shape index (κ1) is 18.2. The normalized spacial score (nSPS) is 14.5. The lowest BCUT2D eigenvalue weighted by Gasteiger charge is -2.36. The molecule has 0 bridgehead atoms. The maximum Gasteiger partial charge on any atom is 0.317 e. The number of nitrogens with zero attached hydrogens (tertiary/aromatic N) is 2. The zero-order valence-corrected chi connectivity index (χ0v) is 15.8. The van der Waals surface area contributed by atoms with Gasteiger partial charge in [-0.15, -0.1) is 0 Å². The molecule has 2 aromatic rings.